The van der Waals surface area contributed by atoms with Gasteiger partial charge in [-0.25, -0.2) is 0 Å². The first kappa shape index (κ1) is 18.9. The van der Waals surface area contributed by atoms with Crippen molar-refractivity contribution in [3.8, 4) is 17.2 Å². The molecule has 0 aliphatic rings. The summed E-state index contributed by atoms with van der Waals surface area (Å²) in [5.74, 6) is 2.33. The highest BCUT2D eigenvalue weighted by Crippen LogP contribution is 2.28. The summed E-state index contributed by atoms with van der Waals surface area (Å²) < 4.78 is 16.7. The van der Waals surface area contributed by atoms with Crippen LogP contribution in [0.2, 0.25) is 5.02 Å². The van der Waals surface area contributed by atoms with Gasteiger partial charge in [0.05, 0.1) is 12.1 Å². The van der Waals surface area contributed by atoms with Crippen molar-refractivity contribution >= 4 is 17.3 Å². The number of halogens is 1. The summed E-state index contributed by atoms with van der Waals surface area (Å²) in [5, 5.41) is 3.93. The van der Waals surface area contributed by atoms with Gasteiger partial charge in [-0.2, -0.15) is 0 Å². The zero-order valence-electron chi connectivity index (χ0n) is 15.2. The van der Waals surface area contributed by atoms with Crippen LogP contribution in [0.15, 0.2) is 72.8 Å². The van der Waals surface area contributed by atoms with E-state index in [2.05, 4.69) is 5.32 Å². The first-order valence-electron chi connectivity index (χ1n) is 8.72. The van der Waals surface area contributed by atoms with Crippen molar-refractivity contribution < 1.29 is 14.2 Å². The molecule has 3 rings (SSSR count). The van der Waals surface area contributed by atoms with E-state index in [-0.39, 0.29) is 0 Å². The van der Waals surface area contributed by atoms with E-state index < -0.39 is 0 Å². The second-order valence-electron chi connectivity index (χ2n) is 5.82. The van der Waals surface area contributed by atoms with Crippen LogP contribution >= 0.6 is 11.6 Å². The van der Waals surface area contributed by atoms with Gasteiger partial charge < -0.3 is 19.5 Å². The Balaban J connectivity index is 1.53. The summed E-state index contributed by atoms with van der Waals surface area (Å²) >= 11 is 6.17. The van der Waals surface area contributed by atoms with Crippen LogP contribution in [0.5, 0.6) is 17.2 Å². The molecule has 4 nitrogen and oxygen atoms in total. The molecule has 0 saturated carbocycles. The normalized spacial score (nSPS) is 10.3. The number of benzene rings is 3. The quantitative estimate of drug-likeness (QED) is 0.501. The first-order valence-corrected chi connectivity index (χ1v) is 9.10. The van der Waals surface area contributed by atoms with Crippen LogP contribution in [-0.4, -0.2) is 20.3 Å². The summed E-state index contributed by atoms with van der Waals surface area (Å²) in [6.45, 7) is 1.58. The second kappa shape index (κ2) is 9.74. The standard InChI is InChI=1S/C22H22ClNO3/c1-25-22-12-11-18(15-20(22)23)24-16-17-7-5-6-10-21(17)27-14-13-26-19-8-3-2-4-9-19/h2-12,15,24H,13-14,16H2,1H3. The molecule has 0 heterocycles. The number of anilines is 1. The van der Waals surface area contributed by atoms with Gasteiger partial charge in [0.2, 0.25) is 0 Å². The van der Waals surface area contributed by atoms with Crippen molar-refractivity contribution in [1.82, 2.24) is 0 Å². The van der Waals surface area contributed by atoms with Crippen LogP contribution in [0.25, 0.3) is 0 Å². The van der Waals surface area contributed by atoms with Crippen LogP contribution in [0.4, 0.5) is 5.69 Å². The van der Waals surface area contributed by atoms with Gasteiger partial charge in [-0.05, 0) is 36.4 Å². The minimum atomic E-state index is 0.472. The summed E-state index contributed by atoms with van der Waals surface area (Å²) in [7, 11) is 1.60. The van der Waals surface area contributed by atoms with E-state index in [4.69, 9.17) is 25.8 Å². The minimum Gasteiger partial charge on any atom is -0.495 e. The SMILES string of the molecule is COc1ccc(NCc2ccccc2OCCOc2ccccc2)cc1Cl. The van der Waals surface area contributed by atoms with E-state index >= 15 is 0 Å². The predicted molar refractivity (Wildman–Crippen MR) is 109 cm³/mol. The topological polar surface area (TPSA) is 39.7 Å². The van der Waals surface area contributed by atoms with E-state index in [1.807, 2.05) is 72.8 Å². The fourth-order valence-corrected chi connectivity index (χ4v) is 2.85. The Morgan fingerprint density at radius 2 is 1.56 bits per heavy atom. The van der Waals surface area contributed by atoms with Gasteiger partial charge in [-0.3, -0.25) is 0 Å². The molecule has 1 N–H and O–H groups in total. The van der Waals surface area contributed by atoms with Crippen molar-refractivity contribution in [2.75, 3.05) is 25.6 Å². The molecule has 0 amide bonds. The van der Waals surface area contributed by atoms with Crippen LogP contribution in [0, 0.1) is 0 Å². The Hall–Kier alpha value is -2.85. The van der Waals surface area contributed by atoms with E-state index in [0.29, 0.717) is 30.5 Å². The minimum absolute atomic E-state index is 0.472. The molecule has 0 fully saturated rings. The lowest BCUT2D eigenvalue weighted by atomic mass is 10.2. The summed E-state index contributed by atoms with van der Waals surface area (Å²) in [6.07, 6.45) is 0. The van der Waals surface area contributed by atoms with Gasteiger partial charge in [0.15, 0.2) is 0 Å². The smallest absolute Gasteiger partial charge is 0.137 e. The van der Waals surface area contributed by atoms with E-state index in [0.717, 1.165) is 22.7 Å². The third-order valence-corrected chi connectivity index (χ3v) is 4.26. The maximum absolute atomic E-state index is 6.17. The summed E-state index contributed by atoms with van der Waals surface area (Å²) in [4.78, 5) is 0. The molecule has 0 aliphatic heterocycles. The van der Waals surface area contributed by atoms with Crippen molar-refractivity contribution in [1.29, 1.82) is 0 Å². The van der Waals surface area contributed by atoms with Gasteiger partial charge in [-0.15, -0.1) is 0 Å². The average Bonchev–Trinajstić information content (AvgIpc) is 2.71. The molecule has 0 atom stereocenters. The molecule has 0 aliphatic carbocycles. The second-order valence-corrected chi connectivity index (χ2v) is 6.23. The Kier molecular flexibility index (Phi) is 6.83. The largest absolute Gasteiger partial charge is 0.495 e. The number of ether oxygens (including phenoxy) is 3. The lowest BCUT2D eigenvalue weighted by molar-refractivity contribution is 0.216. The van der Waals surface area contributed by atoms with E-state index in [1.165, 1.54) is 0 Å². The number of hydrogen-bond donors (Lipinski definition) is 1. The molecule has 27 heavy (non-hydrogen) atoms. The van der Waals surface area contributed by atoms with Crippen molar-refractivity contribution in [2.24, 2.45) is 0 Å². The number of nitrogens with one attached hydrogen (secondary N) is 1. The zero-order chi connectivity index (χ0) is 18.9. The van der Waals surface area contributed by atoms with Gasteiger partial charge in [0, 0.05) is 17.8 Å². The molecule has 0 aromatic heterocycles. The van der Waals surface area contributed by atoms with Crippen molar-refractivity contribution in [2.45, 2.75) is 6.54 Å². The number of methoxy groups -OCH3 is 1. The van der Waals surface area contributed by atoms with E-state index in [9.17, 15) is 0 Å². The van der Waals surface area contributed by atoms with Gasteiger partial charge in [0.25, 0.3) is 0 Å². The molecule has 0 spiro atoms. The van der Waals surface area contributed by atoms with Crippen LogP contribution < -0.4 is 19.5 Å². The highest BCUT2D eigenvalue weighted by Gasteiger charge is 2.05. The molecular weight excluding hydrogens is 362 g/mol. The first-order chi connectivity index (χ1) is 13.3. The number of hydrogen-bond acceptors (Lipinski definition) is 4. The predicted octanol–water partition coefficient (Wildman–Crippen LogP) is 5.42. The van der Waals surface area contributed by atoms with E-state index in [1.54, 1.807) is 7.11 Å². The van der Waals surface area contributed by atoms with Gasteiger partial charge >= 0.3 is 0 Å². The number of rotatable bonds is 9. The Labute approximate surface area is 164 Å². The van der Waals surface area contributed by atoms with Crippen LogP contribution in [0.1, 0.15) is 5.56 Å². The molecule has 140 valence electrons. The van der Waals surface area contributed by atoms with Gasteiger partial charge in [-0.1, -0.05) is 48.0 Å². The monoisotopic (exact) mass is 383 g/mol. The third-order valence-electron chi connectivity index (χ3n) is 3.96. The van der Waals surface area contributed by atoms with Crippen LogP contribution in [0.3, 0.4) is 0 Å². The fraction of sp³-hybridized carbons (Fsp3) is 0.182. The Morgan fingerprint density at radius 3 is 2.33 bits per heavy atom. The summed E-state index contributed by atoms with van der Waals surface area (Å²) in [5.41, 5.74) is 1.98. The molecule has 5 heteroatoms. The molecule has 0 saturated heterocycles. The lowest BCUT2D eigenvalue weighted by Crippen LogP contribution is -2.11. The highest BCUT2D eigenvalue weighted by atomic mass is 35.5. The maximum Gasteiger partial charge on any atom is 0.137 e. The molecule has 3 aromatic carbocycles. The lowest BCUT2D eigenvalue weighted by Gasteiger charge is -2.14. The summed E-state index contributed by atoms with van der Waals surface area (Å²) in [6, 6.07) is 23.3. The molecular formula is C22H22ClNO3. The fourth-order valence-electron chi connectivity index (χ4n) is 2.59. The number of para-hydroxylation sites is 2. The zero-order valence-corrected chi connectivity index (χ0v) is 15.9. The Morgan fingerprint density at radius 1 is 0.815 bits per heavy atom. The third kappa shape index (κ3) is 5.56. The molecule has 0 bridgehead atoms. The Bertz CT molecular complexity index is 855. The average molecular weight is 384 g/mol. The molecule has 3 aromatic rings. The van der Waals surface area contributed by atoms with Crippen molar-refractivity contribution in [3.05, 3.63) is 83.4 Å². The van der Waals surface area contributed by atoms with Gasteiger partial charge in [0.1, 0.15) is 30.5 Å². The maximum atomic E-state index is 6.17. The van der Waals surface area contributed by atoms with Crippen LogP contribution in [-0.2, 0) is 6.54 Å². The highest BCUT2D eigenvalue weighted by molar-refractivity contribution is 6.32. The molecule has 0 radical (unpaired) electrons. The van der Waals surface area contributed by atoms with Crippen molar-refractivity contribution in [3.63, 3.8) is 0 Å². The molecule has 0 unspecified atom stereocenters.